The second-order valence-corrected chi connectivity index (χ2v) is 6.56. The van der Waals surface area contributed by atoms with Crippen LogP contribution < -0.4 is 5.32 Å². The summed E-state index contributed by atoms with van der Waals surface area (Å²) < 4.78 is 44.5. The lowest BCUT2D eigenvalue weighted by atomic mass is 10.0. The number of guanidine groups is 1. The summed E-state index contributed by atoms with van der Waals surface area (Å²) in [5, 5.41) is 3.32. The summed E-state index contributed by atoms with van der Waals surface area (Å²) in [5.41, 5.74) is -0.116. The molecule has 27 heavy (non-hydrogen) atoms. The summed E-state index contributed by atoms with van der Waals surface area (Å²) in [6.07, 6.45) is -3.78. The molecule has 1 fully saturated rings. The maximum Gasteiger partial charge on any atom is 0.416 e. The zero-order chi connectivity index (χ0) is 19.2. The van der Waals surface area contributed by atoms with Crippen LogP contribution in [0.25, 0.3) is 0 Å². The van der Waals surface area contributed by atoms with Crippen LogP contribution in [0.4, 0.5) is 13.2 Å². The van der Waals surface area contributed by atoms with Gasteiger partial charge in [0.1, 0.15) is 6.10 Å². The molecule has 0 bridgehead atoms. The van der Waals surface area contributed by atoms with E-state index in [-0.39, 0.29) is 24.0 Å². The Kier molecular flexibility index (Phi) is 9.82. The number of nitrogens with zero attached hydrogens (tertiary/aromatic N) is 3. The molecule has 1 aromatic carbocycles. The van der Waals surface area contributed by atoms with Crippen molar-refractivity contribution in [3.05, 3.63) is 35.4 Å². The van der Waals surface area contributed by atoms with Crippen LogP contribution in [0.1, 0.15) is 23.7 Å². The third-order valence-electron chi connectivity index (χ3n) is 4.23. The molecule has 0 amide bonds. The molecule has 1 heterocycles. The number of morpholine rings is 1. The maximum absolute atomic E-state index is 12.9. The molecule has 2 rings (SSSR count). The number of alkyl halides is 3. The van der Waals surface area contributed by atoms with Crippen LogP contribution in [0, 0.1) is 0 Å². The Morgan fingerprint density at radius 3 is 2.74 bits per heavy atom. The molecule has 1 N–H and O–H groups in total. The number of hydrogen-bond donors (Lipinski definition) is 1. The maximum atomic E-state index is 12.9. The first-order valence-electron chi connectivity index (χ1n) is 8.70. The molecule has 9 heteroatoms. The Balaban J connectivity index is 0.00000364. The average Bonchev–Trinajstić information content (AvgIpc) is 2.61. The van der Waals surface area contributed by atoms with E-state index in [9.17, 15) is 13.2 Å². The molecule has 1 aliphatic heterocycles. The molecule has 1 aromatic rings. The monoisotopic (exact) mass is 500 g/mol. The Morgan fingerprint density at radius 2 is 2.11 bits per heavy atom. The van der Waals surface area contributed by atoms with Gasteiger partial charge in [0, 0.05) is 20.1 Å². The molecule has 1 atom stereocenters. The number of ether oxygens (including phenoxy) is 1. The summed E-state index contributed by atoms with van der Waals surface area (Å²) in [6.45, 7) is 3.33. The molecule has 154 valence electrons. The first-order chi connectivity index (χ1) is 12.3. The van der Waals surface area contributed by atoms with Crippen LogP contribution in [0.15, 0.2) is 29.3 Å². The van der Waals surface area contributed by atoms with Gasteiger partial charge in [0.2, 0.25) is 0 Å². The highest BCUT2D eigenvalue weighted by Crippen LogP contribution is 2.32. The number of aliphatic imine (C=N–C) groups is 1. The normalized spacial score (nSPS) is 18.4. The van der Waals surface area contributed by atoms with Crippen molar-refractivity contribution >= 4 is 29.9 Å². The van der Waals surface area contributed by atoms with Crippen LogP contribution in [0.5, 0.6) is 0 Å². The standard InChI is InChI=1S/C18H27F3N4O.HI/c1-22-17(23-8-5-9-24(2)3)25-10-11-26-16(13-25)14-6-4-7-15(12-14)18(19,20)21;/h4,6-7,12,16H,5,8-11,13H2,1-3H3,(H,22,23);1H. The topological polar surface area (TPSA) is 40.1 Å². The van der Waals surface area contributed by atoms with Gasteiger partial charge in [-0.25, -0.2) is 0 Å². The van der Waals surface area contributed by atoms with Gasteiger partial charge in [0.25, 0.3) is 0 Å². The van der Waals surface area contributed by atoms with E-state index in [1.54, 1.807) is 13.1 Å². The predicted molar refractivity (Wildman–Crippen MR) is 112 cm³/mol. The van der Waals surface area contributed by atoms with Gasteiger partial charge in [-0.3, -0.25) is 4.99 Å². The van der Waals surface area contributed by atoms with Gasteiger partial charge in [-0.1, -0.05) is 12.1 Å². The highest BCUT2D eigenvalue weighted by Gasteiger charge is 2.32. The minimum absolute atomic E-state index is 0. The van der Waals surface area contributed by atoms with Crippen LogP contribution in [0.3, 0.4) is 0 Å². The van der Waals surface area contributed by atoms with E-state index in [2.05, 4.69) is 15.2 Å². The van der Waals surface area contributed by atoms with Crippen LogP contribution in [0.2, 0.25) is 0 Å². The number of benzene rings is 1. The van der Waals surface area contributed by atoms with Gasteiger partial charge in [0.05, 0.1) is 18.7 Å². The number of nitrogens with one attached hydrogen (secondary N) is 1. The fourth-order valence-electron chi connectivity index (χ4n) is 2.89. The second-order valence-electron chi connectivity index (χ2n) is 6.56. The molecule has 1 unspecified atom stereocenters. The summed E-state index contributed by atoms with van der Waals surface area (Å²) in [5.74, 6) is 0.754. The molecule has 1 saturated heterocycles. The van der Waals surface area contributed by atoms with Crippen LogP contribution in [-0.2, 0) is 10.9 Å². The second kappa shape index (κ2) is 11.1. The first kappa shape index (κ1) is 24.0. The highest BCUT2D eigenvalue weighted by molar-refractivity contribution is 14.0. The average molecular weight is 500 g/mol. The number of rotatable bonds is 5. The lowest BCUT2D eigenvalue weighted by Gasteiger charge is -2.35. The van der Waals surface area contributed by atoms with Gasteiger partial charge in [-0.05, 0) is 44.8 Å². The van der Waals surface area contributed by atoms with Crippen LogP contribution in [-0.4, -0.2) is 69.7 Å². The highest BCUT2D eigenvalue weighted by atomic mass is 127. The zero-order valence-corrected chi connectivity index (χ0v) is 18.3. The smallest absolute Gasteiger partial charge is 0.370 e. The number of hydrogen-bond acceptors (Lipinski definition) is 3. The SMILES string of the molecule is CN=C(NCCCN(C)C)N1CCOC(c2cccc(C(F)(F)F)c2)C1.I. The first-order valence-corrected chi connectivity index (χ1v) is 8.70. The Hall–Kier alpha value is -1.07. The van der Waals surface area contributed by atoms with Gasteiger partial charge >= 0.3 is 6.18 Å². The van der Waals surface area contributed by atoms with Crippen molar-refractivity contribution in [3.63, 3.8) is 0 Å². The molecule has 0 aliphatic carbocycles. The Bertz CT molecular complexity index is 611. The van der Waals surface area contributed by atoms with Crippen LogP contribution >= 0.6 is 24.0 Å². The third kappa shape index (κ3) is 7.46. The molecule has 5 nitrogen and oxygen atoms in total. The fourth-order valence-corrected chi connectivity index (χ4v) is 2.89. The third-order valence-corrected chi connectivity index (χ3v) is 4.23. The van der Waals surface area contributed by atoms with Crippen molar-refractivity contribution in [2.75, 3.05) is 53.9 Å². The van der Waals surface area contributed by atoms with E-state index in [0.717, 1.165) is 31.5 Å². The molecule has 0 spiro atoms. The summed E-state index contributed by atoms with van der Waals surface area (Å²) >= 11 is 0. The fraction of sp³-hybridized carbons (Fsp3) is 0.611. The van der Waals surface area contributed by atoms with Crippen molar-refractivity contribution in [1.29, 1.82) is 0 Å². The minimum Gasteiger partial charge on any atom is -0.370 e. The molecule has 0 aromatic heterocycles. The van der Waals surface area contributed by atoms with Gasteiger partial charge in [-0.15, -0.1) is 24.0 Å². The molecular formula is C18H28F3IN4O. The van der Waals surface area contributed by atoms with Crippen molar-refractivity contribution in [2.24, 2.45) is 4.99 Å². The quantitative estimate of drug-likeness (QED) is 0.292. The van der Waals surface area contributed by atoms with Crippen molar-refractivity contribution in [2.45, 2.75) is 18.7 Å². The lowest BCUT2D eigenvalue weighted by molar-refractivity contribution is -0.137. The summed E-state index contributed by atoms with van der Waals surface area (Å²) in [6, 6.07) is 5.35. The van der Waals surface area contributed by atoms with E-state index in [1.807, 2.05) is 19.0 Å². The summed E-state index contributed by atoms with van der Waals surface area (Å²) in [7, 11) is 5.76. The van der Waals surface area contributed by atoms with E-state index in [1.165, 1.54) is 12.1 Å². The van der Waals surface area contributed by atoms with Crippen molar-refractivity contribution in [3.8, 4) is 0 Å². The van der Waals surface area contributed by atoms with Gasteiger partial charge in [0.15, 0.2) is 5.96 Å². The van der Waals surface area contributed by atoms with Crippen molar-refractivity contribution in [1.82, 2.24) is 15.1 Å². The largest absolute Gasteiger partial charge is 0.416 e. The molecule has 0 radical (unpaired) electrons. The van der Waals surface area contributed by atoms with Gasteiger partial charge in [-0.2, -0.15) is 13.2 Å². The van der Waals surface area contributed by atoms with E-state index in [4.69, 9.17) is 4.74 Å². The molecule has 1 aliphatic rings. The Morgan fingerprint density at radius 1 is 1.37 bits per heavy atom. The van der Waals surface area contributed by atoms with E-state index in [0.29, 0.717) is 25.3 Å². The lowest BCUT2D eigenvalue weighted by Crippen LogP contribution is -2.48. The summed E-state index contributed by atoms with van der Waals surface area (Å²) in [4.78, 5) is 8.44. The minimum atomic E-state index is -4.35. The van der Waals surface area contributed by atoms with E-state index >= 15 is 0 Å². The molecule has 0 saturated carbocycles. The zero-order valence-electron chi connectivity index (χ0n) is 15.9. The molecular weight excluding hydrogens is 472 g/mol. The van der Waals surface area contributed by atoms with Gasteiger partial charge < -0.3 is 19.9 Å². The predicted octanol–water partition coefficient (Wildman–Crippen LogP) is 3.22. The Labute approximate surface area is 176 Å². The van der Waals surface area contributed by atoms with E-state index < -0.39 is 17.8 Å². The number of halogens is 4. The van der Waals surface area contributed by atoms with Crippen molar-refractivity contribution < 1.29 is 17.9 Å².